The van der Waals surface area contributed by atoms with Crippen LogP contribution in [0.1, 0.15) is 46.4 Å². The van der Waals surface area contributed by atoms with Crippen LogP contribution in [0.2, 0.25) is 0 Å². The third-order valence-electron chi connectivity index (χ3n) is 2.25. The van der Waals surface area contributed by atoms with E-state index in [0.717, 1.165) is 0 Å². The zero-order valence-electron chi connectivity index (χ0n) is 9.74. The van der Waals surface area contributed by atoms with Crippen molar-refractivity contribution in [3.63, 3.8) is 0 Å². The molecular formula is C11H20N2O. The Morgan fingerprint density at radius 2 is 2.14 bits per heavy atom. The first kappa shape index (κ1) is 11.2. The van der Waals surface area contributed by atoms with Crippen molar-refractivity contribution in [3.8, 4) is 0 Å². The van der Waals surface area contributed by atoms with Gasteiger partial charge in [0, 0.05) is 12.8 Å². The van der Waals surface area contributed by atoms with Crippen molar-refractivity contribution in [2.75, 3.05) is 6.61 Å². The van der Waals surface area contributed by atoms with Gasteiger partial charge in [0.15, 0.2) is 0 Å². The second-order valence-electron chi connectivity index (χ2n) is 4.51. The van der Waals surface area contributed by atoms with Gasteiger partial charge in [-0.25, -0.2) is 4.68 Å². The standard InChI is InChI=1S/C11H20N2O/c1-6-14-9(2)13-8-10(7-12-13)11(3,4)5/h7-9H,6H2,1-5H3. The average molecular weight is 196 g/mol. The van der Waals surface area contributed by atoms with Crippen LogP contribution in [-0.4, -0.2) is 16.4 Å². The fourth-order valence-corrected chi connectivity index (χ4v) is 1.24. The summed E-state index contributed by atoms with van der Waals surface area (Å²) in [6, 6.07) is 0. The highest BCUT2D eigenvalue weighted by atomic mass is 16.5. The van der Waals surface area contributed by atoms with E-state index in [-0.39, 0.29) is 11.6 Å². The summed E-state index contributed by atoms with van der Waals surface area (Å²) in [6.07, 6.45) is 3.99. The molecule has 0 saturated heterocycles. The highest BCUT2D eigenvalue weighted by Gasteiger charge is 2.16. The quantitative estimate of drug-likeness (QED) is 0.743. The third kappa shape index (κ3) is 2.58. The van der Waals surface area contributed by atoms with Gasteiger partial charge in [-0.15, -0.1) is 0 Å². The van der Waals surface area contributed by atoms with E-state index in [0.29, 0.717) is 6.61 Å². The monoisotopic (exact) mass is 196 g/mol. The summed E-state index contributed by atoms with van der Waals surface area (Å²) in [7, 11) is 0. The minimum atomic E-state index is 0.0242. The molecule has 1 rings (SSSR count). The summed E-state index contributed by atoms with van der Waals surface area (Å²) in [5.74, 6) is 0. The van der Waals surface area contributed by atoms with E-state index >= 15 is 0 Å². The predicted molar refractivity (Wildman–Crippen MR) is 57.3 cm³/mol. The van der Waals surface area contributed by atoms with Crippen LogP contribution in [0.4, 0.5) is 0 Å². The highest BCUT2D eigenvalue weighted by Crippen LogP contribution is 2.22. The Balaban J connectivity index is 2.78. The molecule has 3 nitrogen and oxygen atoms in total. The SMILES string of the molecule is CCOC(C)n1cc(C(C)(C)C)cn1. The van der Waals surface area contributed by atoms with E-state index in [4.69, 9.17) is 4.74 Å². The van der Waals surface area contributed by atoms with Gasteiger partial charge >= 0.3 is 0 Å². The van der Waals surface area contributed by atoms with Crippen LogP contribution in [-0.2, 0) is 10.2 Å². The first-order chi connectivity index (χ1) is 6.45. The van der Waals surface area contributed by atoms with E-state index in [1.165, 1.54) is 5.56 Å². The molecule has 0 aliphatic carbocycles. The van der Waals surface area contributed by atoms with Crippen LogP contribution in [0.25, 0.3) is 0 Å². The third-order valence-corrected chi connectivity index (χ3v) is 2.25. The lowest BCUT2D eigenvalue weighted by molar-refractivity contribution is 0.0158. The van der Waals surface area contributed by atoms with E-state index in [1.54, 1.807) is 0 Å². The topological polar surface area (TPSA) is 27.1 Å². The molecule has 14 heavy (non-hydrogen) atoms. The summed E-state index contributed by atoms with van der Waals surface area (Å²) >= 11 is 0. The van der Waals surface area contributed by atoms with Crippen LogP contribution in [0.5, 0.6) is 0 Å². The van der Waals surface area contributed by atoms with Crippen molar-refractivity contribution in [2.45, 2.75) is 46.3 Å². The molecule has 0 aromatic carbocycles. The van der Waals surface area contributed by atoms with Crippen LogP contribution >= 0.6 is 0 Å². The van der Waals surface area contributed by atoms with Crippen molar-refractivity contribution in [1.82, 2.24) is 9.78 Å². The molecule has 0 spiro atoms. The molecule has 0 aliphatic rings. The number of rotatable bonds is 3. The molecule has 0 radical (unpaired) electrons. The number of hydrogen-bond acceptors (Lipinski definition) is 2. The number of ether oxygens (including phenoxy) is 1. The summed E-state index contributed by atoms with van der Waals surface area (Å²) in [5.41, 5.74) is 1.40. The van der Waals surface area contributed by atoms with Gasteiger partial charge in [0.25, 0.3) is 0 Å². The van der Waals surface area contributed by atoms with Gasteiger partial charge in [0.2, 0.25) is 0 Å². The molecular weight excluding hydrogens is 176 g/mol. The maximum absolute atomic E-state index is 5.45. The van der Waals surface area contributed by atoms with Gasteiger partial charge in [-0.05, 0) is 24.8 Å². The van der Waals surface area contributed by atoms with Gasteiger partial charge < -0.3 is 4.74 Å². The summed E-state index contributed by atoms with van der Waals surface area (Å²) in [4.78, 5) is 0. The molecule has 80 valence electrons. The average Bonchev–Trinajstić information content (AvgIpc) is 2.51. The maximum atomic E-state index is 5.45. The first-order valence-corrected chi connectivity index (χ1v) is 5.11. The van der Waals surface area contributed by atoms with E-state index in [1.807, 2.05) is 24.7 Å². The van der Waals surface area contributed by atoms with Gasteiger partial charge in [0.05, 0.1) is 6.20 Å². The molecule has 1 atom stereocenters. The van der Waals surface area contributed by atoms with Gasteiger partial charge in [0.1, 0.15) is 6.23 Å². The van der Waals surface area contributed by atoms with Crippen LogP contribution < -0.4 is 0 Å². The molecule has 0 aliphatic heterocycles. The fraction of sp³-hybridized carbons (Fsp3) is 0.727. The molecule has 1 unspecified atom stereocenters. The Kier molecular flexibility index (Phi) is 3.32. The zero-order chi connectivity index (χ0) is 10.8. The Hall–Kier alpha value is -0.830. The Morgan fingerprint density at radius 3 is 2.57 bits per heavy atom. The fourth-order valence-electron chi connectivity index (χ4n) is 1.24. The van der Waals surface area contributed by atoms with Crippen LogP contribution in [0.15, 0.2) is 12.4 Å². The lowest BCUT2D eigenvalue weighted by Gasteiger charge is -2.16. The molecule has 3 heteroatoms. The van der Waals surface area contributed by atoms with Gasteiger partial charge in [-0.1, -0.05) is 20.8 Å². The van der Waals surface area contributed by atoms with Crippen LogP contribution in [0.3, 0.4) is 0 Å². The largest absolute Gasteiger partial charge is 0.357 e. The molecule has 0 saturated carbocycles. The number of hydrogen-bond donors (Lipinski definition) is 0. The van der Waals surface area contributed by atoms with Crippen molar-refractivity contribution in [1.29, 1.82) is 0 Å². The normalized spacial score (nSPS) is 14.4. The lowest BCUT2D eigenvalue weighted by Crippen LogP contribution is -2.11. The summed E-state index contributed by atoms with van der Waals surface area (Å²) in [5, 5.41) is 4.29. The highest BCUT2D eigenvalue weighted by molar-refractivity contribution is 5.15. The molecule has 0 amide bonds. The lowest BCUT2D eigenvalue weighted by atomic mass is 9.90. The maximum Gasteiger partial charge on any atom is 0.147 e. The second kappa shape index (κ2) is 4.13. The minimum Gasteiger partial charge on any atom is -0.357 e. The second-order valence-corrected chi connectivity index (χ2v) is 4.51. The van der Waals surface area contributed by atoms with Crippen molar-refractivity contribution < 1.29 is 4.74 Å². The van der Waals surface area contributed by atoms with E-state index in [2.05, 4.69) is 32.1 Å². The molecule has 1 aromatic rings. The first-order valence-electron chi connectivity index (χ1n) is 5.11. The Bertz CT molecular complexity index is 286. The van der Waals surface area contributed by atoms with Crippen molar-refractivity contribution in [2.24, 2.45) is 0 Å². The number of nitrogens with zero attached hydrogens (tertiary/aromatic N) is 2. The Morgan fingerprint density at radius 1 is 1.50 bits per heavy atom. The molecule has 1 heterocycles. The van der Waals surface area contributed by atoms with Gasteiger partial charge in [-0.3, -0.25) is 0 Å². The molecule has 0 N–H and O–H groups in total. The van der Waals surface area contributed by atoms with Gasteiger partial charge in [-0.2, -0.15) is 5.10 Å². The molecule has 0 fully saturated rings. The predicted octanol–water partition coefficient (Wildman–Crippen LogP) is 2.74. The minimum absolute atomic E-state index is 0.0242. The molecule has 1 aromatic heterocycles. The van der Waals surface area contributed by atoms with Crippen molar-refractivity contribution >= 4 is 0 Å². The smallest absolute Gasteiger partial charge is 0.147 e. The van der Waals surface area contributed by atoms with Crippen molar-refractivity contribution in [3.05, 3.63) is 18.0 Å². The number of aromatic nitrogens is 2. The summed E-state index contributed by atoms with van der Waals surface area (Å²) < 4.78 is 7.32. The zero-order valence-corrected chi connectivity index (χ0v) is 9.74. The Labute approximate surface area is 86.1 Å². The van der Waals surface area contributed by atoms with E-state index in [9.17, 15) is 0 Å². The summed E-state index contributed by atoms with van der Waals surface area (Å²) in [6.45, 7) is 11.2. The van der Waals surface area contributed by atoms with Crippen LogP contribution in [0, 0.1) is 0 Å². The van der Waals surface area contributed by atoms with E-state index < -0.39 is 0 Å². The molecule has 0 bridgehead atoms.